The summed E-state index contributed by atoms with van der Waals surface area (Å²) in [4.78, 5) is 24.1. The quantitative estimate of drug-likeness (QED) is 0.684. The van der Waals surface area contributed by atoms with Crippen molar-refractivity contribution < 1.29 is 19.4 Å². The molecule has 0 saturated heterocycles. The third-order valence-electron chi connectivity index (χ3n) is 2.40. The highest BCUT2D eigenvalue weighted by atomic mass is 16.4. The lowest BCUT2D eigenvalue weighted by Crippen LogP contribution is -2.31. The summed E-state index contributed by atoms with van der Waals surface area (Å²) >= 11 is 0. The van der Waals surface area contributed by atoms with Crippen LogP contribution >= 0.6 is 0 Å². The number of aromatic nitrogens is 1. The highest BCUT2D eigenvalue weighted by molar-refractivity contribution is 5.81. The van der Waals surface area contributed by atoms with Crippen molar-refractivity contribution in [1.29, 1.82) is 0 Å². The molecule has 1 atom stereocenters. The summed E-state index contributed by atoms with van der Waals surface area (Å²) in [5.41, 5.74) is -1.20. The summed E-state index contributed by atoms with van der Waals surface area (Å²) in [5, 5.41) is 18.5. The number of aromatic amines is 1. The molecule has 0 aliphatic heterocycles. The van der Waals surface area contributed by atoms with Gasteiger partial charge in [0.05, 0.1) is 5.52 Å². The first-order chi connectivity index (χ1) is 7.41. The Bertz CT molecular complexity index is 607. The number of benzene rings is 1. The Morgan fingerprint density at radius 2 is 2.19 bits per heavy atom. The molecule has 0 spiro atoms. The minimum absolute atomic E-state index is 0.148. The van der Waals surface area contributed by atoms with E-state index in [4.69, 9.17) is 9.52 Å². The fourth-order valence-corrected chi connectivity index (χ4v) is 1.37. The Kier molecular flexibility index (Phi) is 2.09. The van der Waals surface area contributed by atoms with Gasteiger partial charge in [-0.15, -0.1) is 0 Å². The zero-order chi connectivity index (χ0) is 11.9. The first-order valence-electron chi connectivity index (χ1n) is 4.50. The third-order valence-corrected chi connectivity index (χ3v) is 2.40. The van der Waals surface area contributed by atoms with Crippen LogP contribution in [0, 0.1) is 0 Å². The van der Waals surface area contributed by atoms with Crippen molar-refractivity contribution in [2.75, 3.05) is 0 Å². The number of aliphatic carboxylic acids is 1. The van der Waals surface area contributed by atoms with E-state index >= 15 is 0 Å². The van der Waals surface area contributed by atoms with Crippen LogP contribution in [-0.4, -0.2) is 21.2 Å². The molecule has 1 heterocycles. The fraction of sp³-hybridized carbons (Fsp3) is 0.200. The number of nitrogens with one attached hydrogen (secondary N) is 1. The van der Waals surface area contributed by atoms with Crippen molar-refractivity contribution in [2.24, 2.45) is 0 Å². The Labute approximate surface area is 89.1 Å². The smallest absolute Gasteiger partial charge is 0.417 e. The maximum atomic E-state index is 10.9. The number of rotatable bonds is 2. The number of carboxylic acids is 1. The largest absolute Gasteiger partial charge is 0.479 e. The van der Waals surface area contributed by atoms with Gasteiger partial charge in [-0.2, -0.15) is 0 Å². The third kappa shape index (κ3) is 1.49. The van der Waals surface area contributed by atoms with Gasteiger partial charge in [-0.3, -0.25) is 4.98 Å². The van der Waals surface area contributed by atoms with Gasteiger partial charge in [0.1, 0.15) is 0 Å². The van der Waals surface area contributed by atoms with Gasteiger partial charge >= 0.3 is 11.7 Å². The van der Waals surface area contributed by atoms with E-state index < -0.39 is 17.3 Å². The van der Waals surface area contributed by atoms with Gasteiger partial charge in [0.15, 0.2) is 11.2 Å². The van der Waals surface area contributed by atoms with Crippen LogP contribution in [-0.2, 0) is 10.4 Å². The molecule has 1 aromatic carbocycles. The van der Waals surface area contributed by atoms with Crippen molar-refractivity contribution in [3.05, 3.63) is 34.3 Å². The molecule has 0 bridgehead atoms. The van der Waals surface area contributed by atoms with Crippen molar-refractivity contribution in [1.82, 2.24) is 4.98 Å². The van der Waals surface area contributed by atoms with Crippen LogP contribution in [0.1, 0.15) is 12.5 Å². The molecule has 6 heteroatoms. The van der Waals surface area contributed by atoms with Crippen molar-refractivity contribution >= 4 is 17.1 Å². The van der Waals surface area contributed by atoms with E-state index in [-0.39, 0.29) is 11.1 Å². The lowest BCUT2D eigenvalue weighted by molar-refractivity contribution is -0.157. The van der Waals surface area contributed by atoms with Crippen LogP contribution in [0.5, 0.6) is 0 Å². The zero-order valence-corrected chi connectivity index (χ0v) is 8.35. The molecule has 1 aromatic heterocycles. The number of carbonyl (C=O) groups is 1. The SMILES string of the molecule is CC(O)(C(=O)O)c1ccc2[nH]c(=O)oc2c1. The first kappa shape index (κ1) is 10.4. The topological polar surface area (TPSA) is 104 Å². The summed E-state index contributed by atoms with van der Waals surface area (Å²) in [7, 11) is 0. The number of oxazole rings is 1. The Hall–Kier alpha value is -2.08. The van der Waals surface area contributed by atoms with Crippen LogP contribution in [0.25, 0.3) is 11.1 Å². The summed E-state index contributed by atoms with van der Waals surface area (Å²) in [6.45, 7) is 1.15. The van der Waals surface area contributed by atoms with Crippen LogP contribution in [0.2, 0.25) is 0 Å². The summed E-state index contributed by atoms with van der Waals surface area (Å²) in [6.07, 6.45) is 0. The van der Waals surface area contributed by atoms with Crippen LogP contribution in [0.3, 0.4) is 0 Å². The van der Waals surface area contributed by atoms with Crippen LogP contribution in [0.4, 0.5) is 0 Å². The van der Waals surface area contributed by atoms with E-state index in [0.29, 0.717) is 5.52 Å². The number of carboxylic acid groups (broad SMARTS) is 1. The maximum absolute atomic E-state index is 10.9. The summed E-state index contributed by atoms with van der Waals surface area (Å²) in [5.74, 6) is -1.99. The number of aliphatic hydroxyl groups is 1. The molecule has 0 saturated carbocycles. The number of H-pyrrole nitrogens is 1. The molecule has 1 unspecified atom stereocenters. The lowest BCUT2D eigenvalue weighted by Gasteiger charge is -2.17. The van der Waals surface area contributed by atoms with Crippen LogP contribution < -0.4 is 5.76 Å². The summed E-state index contributed by atoms with van der Waals surface area (Å²) in [6, 6.07) is 4.22. The maximum Gasteiger partial charge on any atom is 0.417 e. The zero-order valence-electron chi connectivity index (χ0n) is 8.35. The number of hydrogen-bond donors (Lipinski definition) is 3. The molecule has 0 aliphatic carbocycles. The van der Waals surface area contributed by atoms with Gasteiger partial charge in [0.2, 0.25) is 0 Å². The molecule has 2 aromatic rings. The lowest BCUT2D eigenvalue weighted by atomic mass is 9.96. The molecule has 2 rings (SSSR count). The number of fused-ring (bicyclic) bond motifs is 1. The summed E-state index contributed by atoms with van der Waals surface area (Å²) < 4.78 is 4.77. The molecular formula is C10H9NO5. The van der Waals surface area contributed by atoms with Gasteiger partial charge in [-0.05, 0) is 24.6 Å². The average molecular weight is 223 g/mol. The van der Waals surface area contributed by atoms with Gasteiger partial charge in [0, 0.05) is 0 Å². The molecule has 3 N–H and O–H groups in total. The van der Waals surface area contributed by atoms with Gasteiger partial charge < -0.3 is 14.6 Å². The normalized spacial score (nSPS) is 14.9. The van der Waals surface area contributed by atoms with E-state index in [1.165, 1.54) is 18.2 Å². The number of hydrogen-bond acceptors (Lipinski definition) is 4. The molecule has 84 valence electrons. The van der Waals surface area contributed by atoms with Gasteiger partial charge in [-0.25, -0.2) is 9.59 Å². The first-order valence-corrected chi connectivity index (χ1v) is 4.50. The second-order valence-electron chi connectivity index (χ2n) is 3.60. The minimum atomic E-state index is -2.01. The second-order valence-corrected chi connectivity index (χ2v) is 3.60. The van der Waals surface area contributed by atoms with Gasteiger partial charge in [-0.1, -0.05) is 6.07 Å². The minimum Gasteiger partial charge on any atom is -0.479 e. The highest BCUT2D eigenvalue weighted by Crippen LogP contribution is 2.23. The second kappa shape index (κ2) is 3.21. The van der Waals surface area contributed by atoms with Crippen molar-refractivity contribution in [3.63, 3.8) is 0 Å². The molecule has 6 nitrogen and oxygen atoms in total. The van der Waals surface area contributed by atoms with Crippen LogP contribution in [0.15, 0.2) is 27.4 Å². The van der Waals surface area contributed by atoms with E-state index in [0.717, 1.165) is 6.92 Å². The Balaban J connectivity index is 2.63. The highest BCUT2D eigenvalue weighted by Gasteiger charge is 2.32. The van der Waals surface area contributed by atoms with E-state index in [1.807, 2.05) is 0 Å². The van der Waals surface area contributed by atoms with Crippen molar-refractivity contribution in [2.45, 2.75) is 12.5 Å². The predicted octanol–water partition coefficient (Wildman–Crippen LogP) is 0.413. The average Bonchev–Trinajstić information content (AvgIpc) is 2.56. The molecule has 0 fully saturated rings. The molecule has 0 radical (unpaired) electrons. The van der Waals surface area contributed by atoms with E-state index in [9.17, 15) is 14.7 Å². The predicted molar refractivity (Wildman–Crippen MR) is 54.0 cm³/mol. The molecule has 16 heavy (non-hydrogen) atoms. The Morgan fingerprint density at radius 1 is 1.50 bits per heavy atom. The van der Waals surface area contributed by atoms with Crippen molar-refractivity contribution in [3.8, 4) is 0 Å². The Morgan fingerprint density at radius 3 is 2.81 bits per heavy atom. The standard InChI is InChI=1S/C10H9NO5/c1-10(15,8(12)13)5-2-3-6-7(4-5)16-9(14)11-6/h2-4,15H,1H3,(H,11,14)(H,12,13). The van der Waals surface area contributed by atoms with E-state index in [2.05, 4.69) is 4.98 Å². The fourth-order valence-electron chi connectivity index (χ4n) is 1.37. The monoisotopic (exact) mass is 223 g/mol. The molecule has 0 amide bonds. The van der Waals surface area contributed by atoms with Gasteiger partial charge in [0.25, 0.3) is 0 Å². The molecular weight excluding hydrogens is 214 g/mol. The molecule has 0 aliphatic rings. The van der Waals surface area contributed by atoms with E-state index in [1.54, 1.807) is 0 Å².